The molecule has 0 aliphatic carbocycles. The Morgan fingerprint density at radius 1 is 1.29 bits per heavy atom. The van der Waals surface area contributed by atoms with Gasteiger partial charge in [0.1, 0.15) is 10.7 Å². The van der Waals surface area contributed by atoms with Gasteiger partial charge < -0.3 is 9.88 Å². The van der Waals surface area contributed by atoms with Gasteiger partial charge in [-0.2, -0.15) is 12.6 Å². The summed E-state index contributed by atoms with van der Waals surface area (Å²) in [4.78, 5) is 37.8. The fraction of sp³-hybridized carbons (Fsp3) is 0.562. The largest absolute Gasteiger partial charge is 0.340 e. The Bertz CT molecular complexity index is 806. The van der Waals surface area contributed by atoms with Crippen LogP contribution < -0.4 is 5.56 Å². The van der Waals surface area contributed by atoms with E-state index in [0.29, 0.717) is 29.9 Å². The zero-order valence-corrected chi connectivity index (χ0v) is 15.7. The fourth-order valence-corrected chi connectivity index (χ4v) is 4.24. The van der Waals surface area contributed by atoms with E-state index >= 15 is 0 Å². The van der Waals surface area contributed by atoms with Gasteiger partial charge in [0.25, 0.3) is 5.56 Å². The molecule has 1 fully saturated rings. The second-order valence-corrected chi connectivity index (χ2v) is 7.76. The maximum absolute atomic E-state index is 12.3. The van der Waals surface area contributed by atoms with Gasteiger partial charge in [-0.25, -0.2) is 4.98 Å². The van der Waals surface area contributed by atoms with Gasteiger partial charge in [0.05, 0.1) is 11.9 Å². The summed E-state index contributed by atoms with van der Waals surface area (Å²) in [6.07, 6.45) is 0.492. The van der Waals surface area contributed by atoms with Crippen LogP contribution in [0.1, 0.15) is 22.7 Å². The molecule has 24 heavy (non-hydrogen) atoms. The van der Waals surface area contributed by atoms with Gasteiger partial charge in [-0.3, -0.25) is 14.5 Å². The molecule has 1 aliphatic heterocycles. The van der Waals surface area contributed by atoms with Crippen molar-refractivity contribution in [1.29, 1.82) is 0 Å². The van der Waals surface area contributed by atoms with Crippen LogP contribution in [0.25, 0.3) is 10.2 Å². The van der Waals surface area contributed by atoms with Crippen molar-refractivity contribution in [2.24, 2.45) is 0 Å². The molecule has 0 aromatic carbocycles. The molecular formula is C16H22N4O2S2. The van der Waals surface area contributed by atoms with E-state index < -0.39 is 0 Å². The molecule has 0 unspecified atom stereocenters. The Morgan fingerprint density at radius 2 is 2.00 bits per heavy atom. The number of thiophene rings is 1. The SMILES string of the molecule is Cc1sc2nc(CN3CCN(C(=O)CCS)CC3)[nH]c(=O)c2c1C. The van der Waals surface area contributed by atoms with Gasteiger partial charge in [-0.05, 0) is 25.2 Å². The first kappa shape index (κ1) is 17.4. The normalized spacial score (nSPS) is 16.0. The van der Waals surface area contributed by atoms with Crippen molar-refractivity contribution in [2.75, 3.05) is 31.9 Å². The lowest BCUT2D eigenvalue weighted by molar-refractivity contribution is -0.132. The van der Waals surface area contributed by atoms with Crippen LogP contribution in [0.3, 0.4) is 0 Å². The molecule has 2 aromatic rings. The second kappa shape index (κ2) is 7.25. The molecule has 8 heteroatoms. The van der Waals surface area contributed by atoms with Gasteiger partial charge in [0.2, 0.25) is 5.91 Å². The molecule has 0 bridgehead atoms. The van der Waals surface area contributed by atoms with E-state index in [4.69, 9.17) is 0 Å². The quantitative estimate of drug-likeness (QED) is 0.806. The van der Waals surface area contributed by atoms with Crippen molar-refractivity contribution >= 4 is 40.1 Å². The van der Waals surface area contributed by atoms with Crippen molar-refractivity contribution in [3.63, 3.8) is 0 Å². The Morgan fingerprint density at radius 3 is 2.67 bits per heavy atom. The van der Waals surface area contributed by atoms with E-state index in [9.17, 15) is 9.59 Å². The summed E-state index contributed by atoms with van der Waals surface area (Å²) >= 11 is 5.68. The van der Waals surface area contributed by atoms with Crippen LogP contribution >= 0.6 is 24.0 Å². The van der Waals surface area contributed by atoms with Gasteiger partial charge >= 0.3 is 0 Å². The van der Waals surface area contributed by atoms with Crippen molar-refractivity contribution in [1.82, 2.24) is 19.8 Å². The standard InChI is InChI=1S/C16H22N4O2S2/c1-10-11(2)24-16-14(10)15(22)17-12(18-16)9-19-4-6-20(7-5-19)13(21)3-8-23/h23H,3-9H2,1-2H3,(H,17,18,22). The second-order valence-electron chi connectivity index (χ2n) is 6.11. The topological polar surface area (TPSA) is 69.3 Å². The monoisotopic (exact) mass is 366 g/mol. The minimum atomic E-state index is -0.0561. The van der Waals surface area contributed by atoms with Gasteiger partial charge in [0, 0.05) is 37.5 Å². The van der Waals surface area contributed by atoms with Crippen molar-refractivity contribution in [3.8, 4) is 0 Å². The predicted molar refractivity (Wildman–Crippen MR) is 100 cm³/mol. The number of aryl methyl sites for hydroxylation is 2. The minimum absolute atomic E-state index is 0.0561. The highest BCUT2D eigenvalue weighted by atomic mass is 32.1. The number of amides is 1. The molecular weight excluding hydrogens is 344 g/mol. The Labute approximate surface area is 150 Å². The van der Waals surface area contributed by atoms with E-state index in [1.165, 1.54) is 0 Å². The van der Waals surface area contributed by atoms with Crippen LogP contribution in [-0.4, -0.2) is 57.6 Å². The van der Waals surface area contributed by atoms with Gasteiger partial charge in [-0.15, -0.1) is 11.3 Å². The Kier molecular flexibility index (Phi) is 5.27. The summed E-state index contributed by atoms with van der Waals surface area (Å²) < 4.78 is 0. The zero-order chi connectivity index (χ0) is 17.3. The number of hydrogen-bond acceptors (Lipinski definition) is 6. The highest BCUT2D eigenvalue weighted by Crippen LogP contribution is 2.25. The molecule has 0 saturated carbocycles. The molecule has 3 rings (SSSR count). The van der Waals surface area contributed by atoms with Crippen LogP contribution in [-0.2, 0) is 11.3 Å². The number of aromatic nitrogens is 2. The zero-order valence-electron chi connectivity index (χ0n) is 14.0. The highest BCUT2D eigenvalue weighted by Gasteiger charge is 2.21. The minimum Gasteiger partial charge on any atom is -0.340 e. The first-order chi connectivity index (χ1) is 11.5. The van der Waals surface area contributed by atoms with Crippen LogP contribution in [0.2, 0.25) is 0 Å². The number of rotatable bonds is 4. The lowest BCUT2D eigenvalue weighted by Crippen LogP contribution is -2.48. The third kappa shape index (κ3) is 3.50. The maximum Gasteiger partial charge on any atom is 0.259 e. The van der Waals surface area contributed by atoms with E-state index in [0.717, 1.165) is 41.5 Å². The molecule has 0 radical (unpaired) electrons. The Hall–Kier alpha value is -1.38. The highest BCUT2D eigenvalue weighted by molar-refractivity contribution is 7.80. The number of nitrogens with zero attached hydrogens (tertiary/aromatic N) is 3. The van der Waals surface area contributed by atoms with Crippen LogP contribution in [0.4, 0.5) is 0 Å². The number of piperazine rings is 1. The number of nitrogens with one attached hydrogen (secondary N) is 1. The van der Waals surface area contributed by atoms with Gasteiger partial charge in [-0.1, -0.05) is 0 Å². The number of fused-ring (bicyclic) bond motifs is 1. The molecule has 3 heterocycles. The van der Waals surface area contributed by atoms with E-state index in [2.05, 4.69) is 27.5 Å². The number of H-pyrrole nitrogens is 1. The van der Waals surface area contributed by atoms with Crippen molar-refractivity contribution < 1.29 is 4.79 Å². The van der Waals surface area contributed by atoms with E-state index in [1.54, 1.807) is 11.3 Å². The smallest absolute Gasteiger partial charge is 0.259 e. The lowest BCUT2D eigenvalue weighted by atomic mass is 10.2. The average Bonchev–Trinajstić information content (AvgIpc) is 2.83. The summed E-state index contributed by atoms with van der Waals surface area (Å²) in [5.74, 6) is 1.45. The average molecular weight is 367 g/mol. The summed E-state index contributed by atoms with van der Waals surface area (Å²) in [6.45, 7) is 7.61. The molecule has 6 nitrogen and oxygen atoms in total. The first-order valence-corrected chi connectivity index (χ1v) is 9.54. The summed E-state index contributed by atoms with van der Waals surface area (Å²) in [5, 5.41) is 0.712. The molecule has 0 atom stereocenters. The number of carbonyl (C=O) groups excluding carboxylic acids is 1. The van der Waals surface area contributed by atoms with Gasteiger partial charge in [0.15, 0.2) is 0 Å². The lowest BCUT2D eigenvalue weighted by Gasteiger charge is -2.34. The molecule has 1 amide bonds. The fourth-order valence-electron chi connectivity index (χ4n) is 3.00. The van der Waals surface area contributed by atoms with E-state index in [-0.39, 0.29) is 11.5 Å². The number of thiol groups is 1. The molecule has 130 valence electrons. The third-order valence-electron chi connectivity index (χ3n) is 4.51. The third-order valence-corrected chi connectivity index (χ3v) is 5.84. The summed E-state index contributed by atoms with van der Waals surface area (Å²) in [6, 6.07) is 0. The first-order valence-electron chi connectivity index (χ1n) is 8.09. The maximum atomic E-state index is 12.3. The number of aromatic amines is 1. The number of carbonyl (C=O) groups is 1. The van der Waals surface area contributed by atoms with Crippen LogP contribution in [0.15, 0.2) is 4.79 Å². The summed E-state index contributed by atoms with van der Waals surface area (Å²) in [5.41, 5.74) is 0.964. The molecule has 0 spiro atoms. The number of hydrogen-bond donors (Lipinski definition) is 2. The Balaban J connectivity index is 1.68. The van der Waals surface area contributed by atoms with Crippen LogP contribution in [0.5, 0.6) is 0 Å². The van der Waals surface area contributed by atoms with Crippen LogP contribution in [0, 0.1) is 13.8 Å². The van der Waals surface area contributed by atoms with Crippen molar-refractivity contribution in [2.45, 2.75) is 26.8 Å². The molecule has 2 aromatic heterocycles. The molecule has 1 saturated heterocycles. The molecule has 1 N–H and O–H groups in total. The predicted octanol–water partition coefficient (Wildman–Crippen LogP) is 1.57. The van der Waals surface area contributed by atoms with E-state index in [1.807, 2.05) is 18.7 Å². The molecule has 1 aliphatic rings. The summed E-state index contributed by atoms with van der Waals surface area (Å²) in [7, 11) is 0. The van der Waals surface area contributed by atoms with Crippen molar-refractivity contribution in [3.05, 3.63) is 26.6 Å².